The van der Waals surface area contributed by atoms with E-state index in [1.807, 2.05) is 44.2 Å². The Hall–Kier alpha value is -3.57. The molecule has 0 unspecified atom stereocenters. The highest BCUT2D eigenvalue weighted by molar-refractivity contribution is 5.81. The first-order valence-corrected chi connectivity index (χ1v) is 14.1. The minimum absolute atomic E-state index is 0.0824. The summed E-state index contributed by atoms with van der Waals surface area (Å²) >= 11 is 0. The van der Waals surface area contributed by atoms with Crippen LogP contribution in [0.3, 0.4) is 0 Å². The zero-order valence-corrected chi connectivity index (χ0v) is 24.4. The molecule has 1 aliphatic heterocycles. The summed E-state index contributed by atoms with van der Waals surface area (Å²) in [7, 11) is 0. The number of rotatable bonds is 13. The highest BCUT2D eigenvalue weighted by Crippen LogP contribution is 2.39. The molecule has 0 aliphatic carbocycles. The number of amides is 2. The molecule has 1 saturated heterocycles. The van der Waals surface area contributed by atoms with Gasteiger partial charge in [0.1, 0.15) is 18.8 Å². The minimum atomic E-state index is -3.71. The maximum Gasteiger partial charge on any atom is 0.408 e. The second-order valence-corrected chi connectivity index (χ2v) is 10.3. The van der Waals surface area contributed by atoms with Gasteiger partial charge in [0.2, 0.25) is 5.91 Å². The smallest absolute Gasteiger partial charge is 0.408 e. The molecule has 42 heavy (non-hydrogen) atoms. The van der Waals surface area contributed by atoms with Gasteiger partial charge in [0.15, 0.2) is 0 Å². The first kappa shape index (κ1) is 32.9. The molecule has 1 fully saturated rings. The second kappa shape index (κ2) is 15.6. The lowest BCUT2D eigenvalue weighted by Gasteiger charge is -2.48. The van der Waals surface area contributed by atoms with Crippen LogP contribution in [0.4, 0.5) is 13.6 Å². The summed E-state index contributed by atoms with van der Waals surface area (Å²) in [5.74, 6) is -5.63. The number of esters is 1. The monoisotopic (exact) mass is 590 g/mol. The van der Waals surface area contributed by atoms with Crippen LogP contribution in [0.25, 0.3) is 0 Å². The number of hydrogen-bond acceptors (Lipinski definition) is 7. The normalized spacial score (nSPS) is 23.0. The van der Waals surface area contributed by atoms with E-state index in [-0.39, 0.29) is 25.7 Å². The van der Waals surface area contributed by atoms with Gasteiger partial charge in [-0.1, -0.05) is 74.5 Å². The first-order valence-electron chi connectivity index (χ1n) is 14.1. The van der Waals surface area contributed by atoms with Gasteiger partial charge < -0.3 is 29.6 Å². The molecule has 2 amide bonds. The molecule has 2 N–H and O–H groups in total. The van der Waals surface area contributed by atoms with Gasteiger partial charge in [-0.05, 0) is 24.5 Å². The molecule has 0 radical (unpaired) electrons. The van der Waals surface area contributed by atoms with Gasteiger partial charge in [0, 0.05) is 19.3 Å². The lowest BCUT2D eigenvalue weighted by atomic mass is 9.82. The molecule has 6 atom stereocenters. The molecule has 230 valence electrons. The quantitative estimate of drug-likeness (QED) is 0.323. The van der Waals surface area contributed by atoms with Crippen molar-refractivity contribution in [3.8, 4) is 0 Å². The summed E-state index contributed by atoms with van der Waals surface area (Å²) in [6.07, 6.45) is -5.09. The van der Waals surface area contributed by atoms with E-state index in [0.717, 1.165) is 5.56 Å². The Labute approximate surface area is 245 Å². The van der Waals surface area contributed by atoms with E-state index < -0.39 is 60.7 Å². The predicted octanol–water partition coefficient (Wildman–Crippen LogP) is 4.77. The first-order chi connectivity index (χ1) is 20.1. The van der Waals surface area contributed by atoms with Crippen LogP contribution < -0.4 is 10.6 Å². The number of hydrogen-bond donors (Lipinski definition) is 2. The molecule has 0 spiro atoms. The Balaban J connectivity index is 1.83. The number of carbonyl (C=O) groups is 3. The Morgan fingerprint density at radius 1 is 0.952 bits per heavy atom. The van der Waals surface area contributed by atoms with E-state index in [0.29, 0.717) is 12.0 Å². The molecule has 2 aromatic carbocycles. The summed E-state index contributed by atoms with van der Waals surface area (Å²) < 4.78 is 54.6. The average Bonchev–Trinajstić information content (AvgIpc) is 2.96. The van der Waals surface area contributed by atoms with Gasteiger partial charge in [-0.25, -0.2) is 18.4 Å². The number of alkyl halides is 2. The SMILES string of the molecule is CCOC(=O)[C@H](CC(F)(F)[C@H]1O[C@H](CC)[C@H](C)[C@H](OCc2ccccc2)[C@H]1NC(C)=O)NC(=O)OCc1ccccc1. The fourth-order valence-corrected chi connectivity index (χ4v) is 5.08. The third-order valence-corrected chi connectivity index (χ3v) is 7.13. The Morgan fingerprint density at radius 2 is 1.55 bits per heavy atom. The van der Waals surface area contributed by atoms with Gasteiger partial charge in [-0.15, -0.1) is 0 Å². The lowest BCUT2D eigenvalue weighted by Crippen LogP contribution is -2.66. The molecular weight excluding hydrogens is 550 g/mol. The Kier molecular flexibility index (Phi) is 12.2. The van der Waals surface area contributed by atoms with Crippen LogP contribution in [-0.2, 0) is 41.8 Å². The van der Waals surface area contributed by atoms with Crippen LogP contribution >= 0.6 is 0 Å². The lowest BCUT2D eigenvalue weighted by molar-refractivity contribution is -0.241. The van der Waals surface area contributed by atoms with Crippen molar-refractivity contribution < 1.29 is 42.1 Å². The van der Waals surface area contributed by atoms with E-state index in [4.69, 9.17) is 18.9 Å². The number of halogens is 2. The van der Waals surface area contributed by atoms with Crippen molar-refractivity contribution in [1.82, 2.24) is 10.6 Å². The van der Waals surface area contributed by atoms with Gasteiger partial charge in [0.25, 0.3) is 5.92 Å². The van der Waals surface area contributed by atoms with Crippen molar-refractivity contribution in [3.05, 3.63) is 71.8 Å². The van der Waals surface area contributed by atoms with Crippen molar-refractivity contribution in [3.63, 3.8) is 0 Å². The summed E-state index contributed by atoms with van der Waals surface area (Å²) in [4.78, 5) is 37.4. The van der Waals surface area contributed by atoms with Crippen LogP contribution in [0.2, 0.25) is 0 Å². The van der Waals surface area contributed by atoms with Crippen molar-refractivity contribution in [2.45, 2.75) is 90.1 Å². The van der Waals surface area contributed by atoms with Gasteiger partial charge in [-0.3, -0.25) is 4.79 Å². The molecule has 0 bridgehead atoms. The van der Waals surface area contributed by atoms with Crippen molar-refractivity contribution in [2.24, 2.45) is 5.92 Å². The predicted molar refractivity (Wildman–Crippen MR) is 150 cm³/mol. The number of nitrogens with one attached hydrogen (secondary N) is 2. The van der Waals surface area contributed by atoms with Crippen molar-refractivity contribution in [1.29, 1.82) is 0 Å². The highest BCUT2D eigenvalue weighted by atomic mass is 19.3. The molecule has 9 nitrogen and oxygen atoms in total. The molecule has 1 aliphatic rings. The summed E-state index contributed by atoms with van der Waals surface area (Å²) in [5, 5.41) is 4.83. The summed E-state index contributed by atoms with van der Waals surface area (Å²) in [5.41, 5.74) is 1.52. The number of carbonyl (C=O) groups excluding carboxylic acids is 3. The second-order valence-electron chi connectivity index (χ2n) is 10.3. The van der Waals surface area contributed by atoms with Gasteiger partial charge in [0.05, 0.1) is 31.5 Å². The average molecular weight is 591 g/mol. The van der Waals surface area contributed by atoms with Gasteiger partial charge >= 0.3 is 12.1 Å². The largest absolute Gasteiger partial charge is 0.464 e. The standard InChI is InChI=1S/C31H40F2N2O7/c1-5-25-20(3)27(40-18-22-13-9-7-10-14-22)26(34-21(4)36)28(42-25)31(32,33)17-24(29(37)39-6-2)35-30(38)41-19-23-15-11-8-12-16-23/h7-16,20,24-28H,5-6,17-19H2,1-4H3,(H,34,36)(H,35,38)/t20-,24-,25+,26+,27-,28-/m0/s1. The molecule has 0 aromatic heterocycles. The van der Waals surface area contributed by atoms with Crippen LogP contribution in [-0.4, -0.2) is 60.9 Å². The van der Waals surface area contributed by atoms with Gasteiger partial charge in [-0.2, -0.15) is 0 Å². The number of ether oxygens (including phenoxy) is 4. The summed E-state index contributed by atoms with van der Waals surface area (Å²) in [6, 6.07) is 15.0. The van der Waals surface area contributed by atoms with E-state index in [9.17, 15) is 14.4 Å². The van der Waals surface area contributed by atoms with Crippen LogP contribution in [0.5, 0.6) is 0 Å². The van der Waals surface area contributed by atoms with E-state index in [2.05, 4.69) is 10.6 Å². The zero-order chi connectivity index (χ0) is 30.7. The fraction of sp³-hybridized carbons (Fsp3) is 0.516. The Morgan fingerprint density at radius 3 is 2.10 bits per heavy atom. The van der Waals surface area contributed by atoms with E-state index in [1.54, 1.807) is 30.3 Å². The van der Waals surface area contributed by atoms with E-state index >= 15 is 8.78 Å². The fourth-order valence-electron chi connectivity index (χ4n) is 5.08. The van der Waals surface area contributed by atoms with E-state index in [1.165, 1.54) is 13.8 Å². The minimum Gasteiger partial charge on any atom is -0.464 e. The molecular formula is C31H40F2N2O7. The highest BCUT2D eigenvalue weighted by Gasteiger charge is 2.56. The van der Waals surface area contributed by atoms with Crippen LogP contribution in [0, 0.1) is 5.92 Å². The van der Waals surface area contributed by atoms with Crippen LogP contribution in [0.1, 0.15) is 51.7 Å². The topological polar surface area (TPSA) is 112 Å². The summed E-state index contributed by atoms with van der Waals surface area (Å²) in [6.45, 7) is 6.34. The molecule has 3 rings (SSSR count). The number of alkyl carbamates (subject to hydrolysis) is 1. The molecule has 2 aromatic rings. The maximum absolute atomic E-state index is 16.2. The molecule has 0 saturated carbocycles. The molecule has 11 heteroatoms. The van der Waals surface area contributed by atoms with Crippen molar-refractivity contribution in [2.75, 3.05) is 6.61 Å². The maximum atomic E-state index is 16.2. The third kappa shape index (κ3) is 9.22. The number of benzene rings is 2. The zero-order valence-electron chi connectivity index (χ0n) is 24.4. The Bertz CT molecular complexity index is 1150. The van der Waals surface area contributed by atoms with Crippen molar-refractivity contribution >= 4 is 18.0 Å². The molecule has 1 heterocycles. The van der Waals surface area contributed by atoms with Crippen LogP contribution in [0.15, 0.2) is 60.7 Å². The third-order valence-electron chi connectivity index (χ3n) is 7.13.